The number of amides is 1. The molecule has 1 amide bonds. The Labute approximate surface area is 89.3 Å². The Morgan fingerprint density at radius 2 is 1.93 bits per heavy atom. The van der Waals surface area contributed by atoms with Crippen molar-refractivity contribution in [3.63, 3.8) is 0 Å². The summed E-state index contributed by atoms with van der Waals surface area (Å²) in [7, 11) is 1.57. The molecular weight excluding hydrogens is 198 g/mol. The lowest BCUT2D eigenvalue weighted by atomic mass is 10.2. The molecule has 0 saturated heterocycles. The number of nitrogens with zero attached hydrogens (tertiary/aromatic N) is 1. The summed E-state index contributed by atoms with van der Waals surface area (Å²) < 4.78 is 10.0. The lowest BCUT2D eigenvalue weighted by molar-refractivity contribution is -0.145. The van der Waals surface area contributed by atoms with Crippen molar-refractivity contribution in [1.29, 1.82) is 0 Å². The number of carbonyl (C=O) groups is 2. The van der Waals surface area contributed by atoms with Gasteiger partial charge >= 0.3 is 6.09 Å². The SMILES string of the molecule is CN(C(=O)OC(C)(C)C)C1(OC=O)CC1. The van der Waals surface area contributed by atoms with Gasteiger partial charge in [0.2, 0.25) is 0 Å². The molecule has 0 radical (unpaired) electrons. The first-order chi connectivity index (χ1) is 6.81. The van der Waals surface area contributed by atoms with Crippen LogP contribution in [0.5, 0.6) is 0 Å². The summed E-state index contributed by atoms with van der Waals surface area (Å²) in [6, 6.07) is 0. The first-order valence-corrected chi connectivity index (χ1v) is 4.89. The number of carbonyl (C=O) groups excluding carboxylic acids is 2. The first kappa shape index (κ1) is 11.8. The van der Waals surface area contributed by atoms with Gasteiger partial charge in [0.05, 0.1) is 0 Å². The summed E-state index contributed by atoms with van der Waals surface area (Å²) >= 11 is 0. The first-order valence-electron chi connectivity index (χ1n) is 4.89. The standard InChI is InChI=1S/C10H17NO4/c1-9(2,3)15-8(13)11(4)10(5-6-10)14-7-12/h7H,5-6H2,1-4H3. The van der Waals surface area contributed by atoms with Crippen LogP contribution in [-0.4, -0.2) is 35.8 Å². The summed E-state index contributed by atoms with van der Waals surface area (Å²) in [5, 5.41) is 0. The number of hydrogen-bond acceptors (Lipinski definition) is 4. The van der Waals surface area contributed by atoms with Crippen LogP contribution in [0.3, 0.4) is 0 Å². The molecule has 0 unspecified atom stereocenters. The minimum Gasteiger partial charge on any atom is -0.444 e. The van der Waals surface area contributed by atoms with Gasteiger partial charge in [0.25, 0.3) is 6.47 Å². The quantitative estimate of drug-likeness (QED) is 0.529. The van der Waals surface area contributed by atoms with E-state index in [9.17, 15) is 9.59 Å². The van der Waals surface area contributed by atoms with Gasteiger partial charge in [-0.2, -0.15) is 0 Å². The van der Waals surface area contributed by atoms with E-state index in [0.717, 1.165) is 0 Å². The second-order valence-corrected chi connectivity index (χ2v) is 4.70. The Hall–Kier alpha value is -1.26. The molecule has 1 rings (SSSR count). The Kier molecular flexibility index (Phi) is 2.93. The van der Waals surface area contributed by atoms with Crippen molar-refractivity contribution in [2.24, 2.45) is 0 Å². The van der Waals surface area contributed by atoms with E-state index < -0.39 is 17.4 Å². The van der Waals surface area contributed by atoms with Gasteiger partial charge in [-0.3, -0.25) is 9.69 Å². The minimum atomic E-state index is -0.760. The van der Waals surface area contributed by atoms with E-state index >= 15 is 0 Å². The van der Waals surface area contributed by atoms with Crippen molar-refractivity contribution >= 4 is 12.6 Å². The molecule has 0 aliphatic heterocycles. The molecule has 5 nitrogen and oxygen atoms in total. The number of rotatable bonds is 3. The van der Waals surface area contributed by atoms with Gasteiger partial charge < -0.3 is 9.47 Å². The summed E-state index contributed by atoms with van der Waals surface area (Å²) in [5.74, 6) is 0. The fourth-order valence-corrected chi connectivity index (χ4v) is 1.23. The number of ether oxygens (including phenoxy) is 2. The van der Waals surface area contributed by atoms with E-state index in [0.29, 0.717) is 19.3 Å². The lowest BCUT2D eigenvalue weighted by Gasteiger charge is -2.29. The zero-order chi connectivity index (χ0) is 11.7. The molecule has 0 spiro atoms. The van der Waals surface area contributed by atoms with Gasteiger partial charge in [-0.15, -0.1) is 0 Å². The minimum absolute atomic E-state index is 0.369. The van der Waals surface area contributed by atoms with Crippen molar-refractivity contribution in [2.45, 2.75) is 44.9 Å². The van der Waals surface area contributed by atoms with Crippen LogP contribution in [0.15, 0.2) is 0 Å². The molecule has 0 aromatic heterocycles. The molecule has 1 aliphatic rings. The van der Waals surface area contributed by atoms with E-state index in [-0.39, 0.29) is 0 Å². The molecule has 0 atom stereocenters. The third kappa shape index (κ3) is 2.84. The maximum Gasteiger partial charge on any atom is 0.413 e. The molecule has 0 aromatic carbocycles. The molecule has 1 fully saturated rings. The molecule has 1 saturated carbocycles. The molecule has 0 bridgehead atoms. The van der Waals surface area contributed by atoms with Crippen molar-refractivity contribution in [2.75, 3.05) is 7.05 Å². The highest BCUT2D eigenvalue weighted by atomic mass is 16.6. The summed E-state index contributed by atoms with van der Waals surface area (Å²) in [5.41, 5.74) is -1.30. The average Bonchev–Trinajstić information content (AvgIpc) is 2.82. The van der Waals surface area contributed by atoms with Crippen LogP contribution in [0.1, 0.15) is 33.6 Å². The zero-order valence-corrected chi connectivity index (χ0v) is 9.57. The van der Waals surface area contributed by atoms with Crippen molar-refractivity contribution < 1.29 is 19.1 Å². The van der Waals surface area contributed by atoms with Crippen LogP contribution in [0.2, 0.25) is 0 Å². The van der Waals surface area contributed by atoms with Crippen molar-refractivity contribution in [3.8, 4) is 0 Å². The Morgan fingerprint density at radius 3 is 2.27 bits per heavy atom. The van der Waals surface area contributed by atoms with Gasteiger partial charge in [0, 0.05) is 19.9 Å². The maximum atomic E-state index is 11.6. The van der Waals surface area contributed by atoms with Crippen LogP contribution in [-0.2, 0) is 14.3 Å². The Morgan fingerprint density at radius 1 is 1.40 bits per heavy atom. The summed E-state index contributed by atoms with van der Waals surface area (Å²) in [6.07, 6.45) is 0.866. The van der Waals surface area contributed by atoms with Gasteiger partial charge in [-0.1, -0.05) is 0 Å². The molecule has 15 heavy (non-hydrogen) atoms. The van der Waals surface area contributed by atoms with Crippen LogP contribution >= 0.6 is 0 Å². The monoisotopic (exact) mass is 215 g/mol. The van der Waals surface area contributed by atoms with Crippen LogP contribution in [0, 0.1) is 0 Å². The van der Waals surface area contributed by atoms with Crippen molar-refractivity contribution in [1.82, 2.24) is 4.90 Å². The molecule has 0 heterocycles. The van der Waals surface area contributed by atoms with E-state index in [2.05, 4.69) is 0 Å². The second kappa shape index (κ2) is 3.72. The predicted octanol–water partition coefficient (Wildman–Crippen LogP) is 1.52. The summed E-state index contributed by atoms with van der Waals surface area (Å²) in [4.78, 5) is 23.2. The largest absolute Gasteiger partial charge is 0.444 e. The van der Waals surface area contributed by atoms with Gasteiger partial charge in [0.15, 0.2) is 5.72 Å². The van der Waals surface area contributed by atoms with Crippen LogP contribution < -0.4 is 0 Å². The van der Waals surface area contributed by atoms with Gasteiger partial charge in [-0.05, 0) is 20.8 Å². The van der Waals surface area contributed by atoms with E-state index in [1.54, 1.807) is 27.8 Å². The highest BCUT2D eigenvalue weighted by Crippen LogP contribution is 2.42. The predicted molar refractivity (Wildman–Crippen MR) is 53.1 cm³/mol. The normalized spacial score (nSPS) is 17.9. The number of hydrogen-bond donors (Lipinski definition) is 0. The lowest BCUT2D eigenvalue weighted by Crippen LogP contribution is -2.43. The molecule has 86 valence electrons. The Bertz CT molecular complexity index is 265. The molecule has 1 aliphatic carbocycles. The van der Waals surface area contributed by atoms with Crippen LogP contribution in [0.4, 0.5) is 4.79 Å². The average molecular weight is 215 g/mol. The molecular formula is C10H17NO4. The van der Waals surface area contributed by atoms with Gasteiger partial charge in [0.1, 0.15) is 5.60 Å². The van der Waals surface area contributed by atoms with Crippen LogP contribution in [0.25, 0.3) is 0 Å². The third-order valence-corrected chi connectivity index (χ3v) is 2.22. The fraction of sp³-hybridized carbons (Fsp3) is 0.800. The highest BCUT2D eigenvalue weighted by molar-refractivity contribution is 5.69. The van der Waals surface area contributed by atoms with E-state index in [4.69, 9.17) is 9.47 Å². The topological polar surface area (TPSA) is 55.8 Å². The summed E-state index contributed by atoms with van der Waals surface area (Å²) in [6.45, 7) is 5.74. The van der Waals surface area contributed by atoms with Gasteiger partial charge in [-0.25, -0.2) is 4.79 Å². The highest BCUT2D eigenvalue weighted by Gasteiger charge is 2.52. The van der Waals surface area contributed by atoms with Crippen molar-refractivity contribution in [3.05, 3.63) is 0 Å². The second-order valence-electron chi connectivity index (χ2n) is 4.70. The maximum absolute atomic E-state index is 11.6. The molecule has 5 heteroatoms. The van der Waals surface area contributed by atoms with E-state index in [1.807, 2.05) is 0 Å². The Balaban J connectivity index is 2.57. The molecule has 0 aromatic rings. The fourth-order valence-electron chi connectivity index (χ4n) is 1.23. The third-order valence-electron chi connectivity index (χ3n) is 2.22. The molecule has 0 N–H and O–H groups in total. The van der Waals surface area contributed by atoms with E-state index in [1.165, 1.54) is 4.90 Å². The smallest absolute Gasteiger partial charge is 0.413 e. The zero-order valence-electron chi connectivity index (χ0n) is 9.57.